The van der Waals surface area contributed by atoms with Crippen molar-refractivity contribution < 1.29 is 22.8 Å². The van der Waals surface area contributed by atoms with Crippen LogP contribution in [0.25, 0.3) is 11.1 Å². The van der Waals surface area contributed by atoms with Crippen molar-refractivity contribution in [3.63, 3.8) is 0 Å². The van der Waals surface area contributed by atoms with Crippen molar-refractivity contribution in [2.24, 2.45) is 0 Å². The molecule has 0 N–H and O–H groups in total. The molecule has 20 heavy (non-hydrogen) atoms. The highest BCUT2D eigenvalue weighted by Crippen LogP contribution is 2.32. The number of alkyl halides is 3. The Morgan fingerprint density at radius 2 is 1.40 bits per heavy atom. The first-order chi connectivity index (χ1) is 9.44. The molecular formula is C15H9F3O2. The number of carbonyl (C=O) groups excluding carboxylic acids is 2. The number of halogens is 3. The predicted octanol–water partition coefficient (Wildman–Crippen LogP) is 4.00. The van der Waals surface area contributed by atoms with Crippen molar-refractivity contribution >= 4 is 12.6 Å². The average Bonchev–Trinajstić information content (AvgIpc) is 2.46. The molecule has 0 spiro atoms. The summed E-state index contributed by atoms with van der Waals surface area (Å²) in [6, 6.07) is 8.98. The van der Waals surface area contributed by atoms with Gasteiger partial charge in [-0.15, -0.1) is 0 Å². The molecule has 0 bridgehead atoms. The van der Waals surface area contributed by atoms with E-state index in [0.717, 1.165) is 12.1 Å². The number of rotatable bonds is 3. The zero-order valence-corrected chi connectivity index (χ0v) is 10.1. The van der Waals surface area contributed by atoms with Crippen LogP contribution in [-0.2, 0) is 6.18 Å². The van der Waals surface area contributed by atoms with Gasteiger partial charge >= 0.3 is 6.18 Å². The van der Waals surface area contributed by atoms with Crippen LogP contribution < -0.4 is 0 Å². The molecule has 2 aromatic rings. The molecule has 2 aromatic carbocycles. The molecule has 0 radical (unpaired) electrons. The third-order valence-corrected chi connectivity index (χ3v) is 2.77. The van der Waals surface area contributed by atoms with Gasteiger partial charge < -0.3 is 0 Å². The second-order valence-electron chi connectivity index (χ2n) is 4.20. The lowest BCUT2D eigenvalue weighted by Gasteiger charge is -2.09. The van der Waals surface area contributed by atoms with Gasteiger partial charge in [0.05, 0.1) is 5.56 Å². The molecular weight excluding hydrogens is 269 g/mol. The normalized spacial score (nSPS) is 11.2. The predicted molar refractivity (Wildman–Crippen MR) is 67.7 cm³/mol. The largest absolute Gasteiger partial charge is 0.416 e. The number of aldehydes is 2. The first-order valence-electron chi connectivity index (χ1n) is 5.67. The molecule has 0 aliphatic rings. The summed E-state index contributed by atoms with van der Waals surface area (Å²) in [6.07, 6.45) is -3.35. The Hall–Kier alpha value is -2.43. The van der Waals surface area contributed by atoms with Crippen LogP contribution in [0.15, 0.2) is 42.5 Å². The van der Waals surface area contributed by atoms with E-state index in [2.05, 4.69) is 0 Å². The van der Waals surface area contributed by atoms with E-state index >= 15 is 0 Å². The van der Waals surface area contributed by atoms with Crippen LogP contribution >= 0.6 is 0 Å². The maximum atomic E-state index is 12.7. The topological polar surface area (TPSA) is 34.1 Å². The highest BCUT2D eigenvalue weighted by atomic mass is 19.4. The lowest BCUT2D eigenvalue weighted by Crippen LogP contribution is -2.04. The van der Waals surface area contributed by atoms with Crippen molar-refractivity contribution in [3.05, 3.63) is 59.2 Å². The van der Waals surface area contributed by atoms with Crippen LogP contribution in [0.4, 0.5) is 13.2 Å². The molecule has 0 aliphatic heterocycles. The first kappa shape index (κ1) is 14.0. The van der Waals surface area contributed by atoms with Gasteiger partial charge in [-0.1, -0.05) is 12.1 Å². The number of carbonyl (C=O) groups is 2. The zero-order valence-electron chi connectivity index (χ0n) is 10.1. The fraction of sp³-hybridized carbons (Fsp3) is 0.0667. The number of hydrogen-bond acceptors (Lipinski definition) is 2. The van der Waals surface area contributed by atoms with Crippen LogP contribution in [0, 0.1) is 0 Å². The van der Waals surface area contributed by atoms with Crippen molar-refractivity contribution in [1.29, 1.82) is 0 Å². The van der Waals surface area contributed by atoms with E-state index in [0.29, 0.717) is 23.7 Å². The fourth-order valence-electron chi connectivity index (χ4n) is 1.85. The van der Waals surface area contributed by atoms with E-state index in [9.17, 15) is 22.8 Å². The summed E-state index contributed by atoms with van der Waals surface area (Å²) in [5, 5.41) is 0. The summed E-state index contributed by atoms with van der Waals surface area (Å²) in [4.78, 5) is 21.6. The van der Waals surface area contributed by atoms with Crippen molar-refractivity contribution in [2.75, 3.05) is 0 Å². The summed E-state index contributed by atoms with van der Waals surface area (Å²) in [5.41, 5.74) is 0.387. The van der Waals surface area contributed by atoms with Gasteiger partial charge in [0.1, 0.15) is 12.6 Å². The van der Waals surface area contributed by atoms with E-state index in [4.69, 9.17) is 0 Å². The molecule has 2 nitrogen and oxygen atoms in total. The SMILES string of the molecule is O=Cc1cc(C=O)cc(-c2cccc(C(F)(F)F)c2)c1. The maximum absolute atomic E-state index is 12.7. The molecule has 0 unspecified atom stereocenters. The van der Waals surface area contributed by atoms with Gasteiger partial charge in [-0.2, -0.15) is 13.2 Å². The summed E-state index contributed by atoms with van der Waals surface area (Å²) in [6.45, 7) is 0. The quantitative estimate of drug-likeness (QED) is 0.795. The summed E-state index contributed by atoms with van der Waals surface area (Å²) < 4.78 is 38.0. The van der Waals surface area contributed by atoms with Gasteiger partial charge in [0.2, 0.25) is 0 Å². The Balaban J connectivity index is 2.56. The molecule has 0 atom stereocenters. The molecule has 102 valence electrons. The minimum absolute atomic E-state index is 0.238. The van der Waals surface area contributed by atoms with E-state index in [-0.39, 0.29) is 11.1 Å². The monoisotopic (exact) mass is 278 g/mol. The van der Waals surface area contributed by atoms with Crippen LogP contribution in [0.5, 0.6) is 0 Å². The molecule has 0 aromatic heterocycles. The van der Waals surface area contributed by atoms with E-state index in [1.807, 2.05) is 0 Å². The Morgan fingerprint density at radius 1 is 0.800 bits per heavy atom. The summed E-state index contributed by atoms with van der Waals surface area (Å²) in [5.74, 6) is 0. The van der Waals surface area contributed by atoms with Crippen molar-refractivity contribution in [3.8, 4) is 11.1 Å². The van der Waals surface area contributed by atoms with E-state index < -0.39 is 11.7 Å². The van der Waals surface area contributed by atoms with Gasteiger partial charge in [-0.05, 0) is 41.5 Å². The summed E-state index contributed by atoms with van der Waals surface area (Å²) in [7, 11) is 0. The van der Waals surface area contributed by atoms with Gasteiger partial charge in [-0.3, -0.25) is 9.59 Å². The highest BCUT2D eigenvalue weighted by Gasteiger charge is 2.30. The average molecular weight is 278 g/mol. The molecule has 0 saturated carbocycles. The van der Waals surface area contributed by atoms with E-state index in [1.165, 1.54) is 30.3 Å². The summed E-state index contributed by atoms with van der Waals surface area (Å²) >= 11 is 0. The lowest BCUT2D eigenvalue weighted by atomic mass is 9.99. The van der Waals surface area contributed by atoms with E-state index in [1.54, 1.807) is 0 Å². The molecule has 0 heterocycles. The first-order valence-corrected chi connectivity index (χ1v) is 5.67. The molecule has 2 rings (SSSR count). The standard InChI is InChI=1S/C15H9F3O2/c16-15(17,18)14-3-1-2-12(7-14)13-5-10(8-19)4-11(6-13)9-20/h1-9H. The van der Waals surface area contributed by atoms with Crippen LogP contribution in [0.1, 0.15) is 26.3 Å². The zero-order chi connectivity index (χ0) is 14.8. The fourth-order valence-corrected chi connectivity index (χ4v) is 1.85. The molecule has 0 fully saturated rings. The molecule has 5 heteroatoms. The van der Waals surface area contributed by atoms with Gasteiger partial charge in [0.15, 0.2) is 0 Å². The second kappa shape index (κ2) is 5.28. The highest BCUT2D eigenvalue weighted by molar-refractivity contribution is 5.86. The Kier molecular flexibility index (Phi) is 3.70. The smallest absolute Gasteiger partial charge is 0.298 e. The van der Waals surface area contributed by atoms with Crippen molar-refractivity contribution in [1.82, 2.24) is 0 Å². The minimum Gasteiger partial charge on any atom is -0.298 e. The molecule has 0 saturated heterocycles. The lowest BCUT2D eigenvalue weighted by molar-refractivity contribution is -0.137. The maximum Gasteiger partial charge on any atom is 0.416 e. The Labute approximate surface area is 112 Å². The number of benzene rings is 2. The van der Waals surface area contributed by atoms with Crippen LogP contribution in [-0.4, -0.2) is 12.6 Å². The van der Waals surface area contributed by atoms with Crippen LogP contribution in [0.3, 0.4) is 0 Å². The van der Waals surface area contributed by atoms with Crippen LogP contribution in [0.2, 0.25) is 0 Å². The molecule has 0 amide bonds. The van der Waals surface area contributed by atoms with Gasteiger partial charge in [0, 0.05) is 11.1 Å². The van der Waals surface area contributed by atoms with Gasteiger partial charge in [-0.25, -0.2) is 0 Å². The third kappa shape index (κ3) is 2.93. The second-order valence-corrected chi connectivity index (χ2v) is 4.20. The molecule has 0 aliphatic carbocycles. The third-order valence-electron chi connectivity index (χ3n) is 2.77. The van der Waals surface area contributed by atoms with Gasteiger partial charge in [0.25, 0.3) is 0 Å². The Bertz CT molecular complexity index is 634. The minimum atomic E-state index is -4.44. The van der Waals surface area contributed by atoms with Crippen molar-refractivity contribution in [2.45, 2.75) is 6.18 Å². The number of hydrogen-bond donors (Lipinski definition) is 0. The Morgan fingerprint density at radius 3 is 1.90 bits per heavy atom.